The number of likely N-dealkylation sites (N-methyl/N-ethyl adjacent to an activating group) is 1. The molecule has 312 valence electrons. The van der Waals surface area contributed by atoms with Crippen LogP contribution in [0.5, 0.6) is 0 Å². The summed E-state index contributed by atoms with van der Waals surface area (Å²) in [5.74, 6) is -1.70. The molecule has 3 aliphatic heterocycles. The maximum absolute atomic E-state index is 13.5. The zero-order valence-electron chi connectivity index (χ0n) is 33.6. The van der Waals surface area contributed by atoms with Crippen LogP contribution in [0.2, 0.25) is 0 Å². The minimum absolute atomic E-state index is 0.0611. The number of anilines is 2. The zero-order valence-corrected chi connectivity index (χ0v) is 34.4. The maximum Gasteiger partial charge on any atom is 0.262 e. The average molecular weight is 835 g/mol. The van der Waals surface area contributed by atoms with E-state index in [-0.39, 0.29) is 36.0 Å². The van der Waals surface area contributed by atoms with Gasteiger partial charge in [-0.3, -0.25) is 38.5 Å². The van der Waals surface area contributed by atoms with Gasteiger partial charge in [-0.2, -0.15) is 14.4 Å². The van der Waals surface area contributed by atoms with Gasteiger partial charge in [-0.25, -0.2) is 13.4 Å². The monoisotopic (exact) mass is 834 g/mol. The van der Waals surface area contributed by atoms with Gasteiger partial charge in [0.1, 0.15) is 11.7 Å². The molecule has 3 aromatic heterocycles. The molecule has 0 radical (unpaired) electrons. The number of carbonyl (C=O) groups is 5. The lowest BCUT2D eigenvalue weighted by molar-refractivity contribution is -0.149. The molecule has 18 heteroatoms. The Labute approximate surface area is 346 Å². The van der Waals surface area contributed by atoms with Crippen molar-refractivity contribution in [2.45, 2.75) is 70.4 Å². The molecule has 5 aromatic rings. The fourth-order valence-electron chi connectivity index (χ4n) is 8.20. The molecule has 5 amide bonds. The summed E-state index contributed by atoms with van der Waals surface area (Å²) in [5.41, 5.74) is 4.13. The van der Waals surface area contributed by atoms with Gasteiger partial charge in [0.2, 0.25) is 21.9 Å². The number of benzene rings is 2. The smallest absolute Gasteiger partial charge is 0.262 e. The number of likely N-dealkylation sites (tertiary alicyclic amines) is 1. The molecule has 2 saturated heterocycles. The van der Waals surface area contributed by atoms with Crippen LogP contribution in [0, 0.1) is 0 Å². The number of amides is 5. The maximum atomic E-state index is 13.5. The highest BCUT2D eigenvalue weighted by Crippen LogP contribution is 2.37. The fourth-order valence-corrected chi connectivity index (χ4v) is 9.44. The van der Waals surface area contributed by atoms with E-state index in [1.807, 2.05) is 29.9 Å². The van der Waals surface area contributed by atoms with Gasteiger partial charge < -0.3 is 15.6 Å². The van der Waals surface area contributed by atoms with Crippen molar-refractivity contribution >= 4 is 62.2 Å². The van der Waals surface area contributed by atoms with Crippen molar-refractivity contribution in [3.8, 4) is 11.3 Å². The molecule has 1 unspecified atom stereocenters. The third kappa shape index (κ3) is 7.33. The Kier molecular flexibility index (Phi) is 10.8. The third-order valence-corrected chi connectivity index (χ3v) is 13.7. The van der Waals surface area contributed by atoms with Gasteiger partial charge in [-0.15, -0.1) is 0 Å². The Bertz CT molecular complexity index is 2630. The van der Waals surface area contributed by atoms with Crippen molar-refractivity contribution in [3.63, 3.8) is 0 Å². The van der Waals surface area contributed by atoms with E-state index in [2.05, 4.69) is 25.7 Å². The van der Waals surface area contributed by atoms with Crippen molar-refractivity contribution in [1.29, 1.82) is 0 Å². The first kappa shape index (κ1) is 40.5. The molecule has 2 aromatic carbocycles. The van der Waals surface area contributed by atoms with E-state index in [1.165, 1.54) is 11.4 Å². The number of hydrogen-bond acceptors (Lipinski definition) is 11. The lowest BCUT2D eigenvalue weighted by Crippen LogP contribution is -2.64. The molecule has 2 fully saturated rings. The highest BCUT2D eigenvalue weighted by molar-refractivity contribution is 7.89. The number of nitrogens with one attached hydrogen (secondary N) is 3. The normalized spacial score (nSPS) is 17.9. The van der Waals surface area contributed by atoms with Crippen LogP contribution in [0.4, 0.5) is 11.6 Å². The van der Waals surface area contributed by atoms with E-state index in [0.717, 1.165) is 45.6 Å². The first-order chi connectivity index (χ1) is 28.8. The number of fused-ring (bicyclic) bond motifs is 2. The Morgan fingerprint density at radius 1 is 0.967 bits per heavy atom. The van der Waals surface area contributed by atoms with Crippen molar-refractivity contribution in [1.82, 2.24) is 44.2 Å². The number of unbranched alkanes of at least 4 members (excludes halogenated alkanes) is 2. The number of sulfonamides is 1. The van der Waals surface area contributed by atoms with E-state index < -0.39 is 39.3 Å². The summed E-state index contributed by atoms with van der Waals surface area (Å²) in [4.78, 5) is 79.1. The summed E-state index contributed by atoms with van der Waals surface area (Å²) in [6.07, 6.45) is 9.10. The minimum Gasteiger partial charge on any atom is -0.352 e. The van der Waals surface area contributed by atoms with E-state index in [0.29, 0.717) is 66.6 Å². The lowest BCUT2D eigenvalue weighted by atomic mass is 9.89. The predicted molar refractivity (Wildman–Crippen MR) is 222 cm³/mol. The molecule has 1 atom stereocenters. The van der Waals surface area contributed by atoms with Crippen LogP contribution in [-0.2, 0) is 31.6 Å². The van der Waals surface area contributed by atoms with E-state index in [1.54, 1.807) is 55.7 Å². The number of nitrogens with zero attached hydrogens (tertiary/aromatic N) is 7. The summed E-state index contributed by atoms with van der Waals surface area (Å²) in [7, 11) is -1.91. The second-order valence-electron chi connectivity index (χ2n) is 15.5. The Balaban J connectivity index is 0.837. The van der Waals surface area contributed by atoms with E-state index in [4.69, 9.17) is 4.98 Å². The molecule has 0 spiro atoms. The molecule has 3 N–H and O–H groups in total. The van der Waals surface area contributed by atoms with Crippen molar-refractivity contribution < 1.29 is 32.4 Å². The van der Waals surface area contributed by atoms with Gasteiger partial charge in [-0.05, 0) is 81.0 Å². The third-order valence-electron chi connectivity index (χ3n) is 11.9. The number of aryl methyl sites for hydroxylation is 1. The van der Waals surface area contributed by atoms with E-state index in [9.17, 15) is 32.4 Å². The number of rotatable bonds is 15. The summed E-state index contributed by atoms with van der Waals surface area (Å²) in [6, 6.07) is 13.1. The summed E-state index contributed by atoms with van der Waals surface area (Å²) in [5, 5.41) is 11.7. The molecule has 8 rings (SSSR count). The van der Waals surface area contributed by atoms with Gasteiger partial charge in [0.25, 0.3) is 23.6 Å². The number of aromatic amines is 1. The lowest BCUT2D eigenvalue weighted by Gasteiger charge is -2.48. The fraction of sp³-hybridized carbons (Fsp3) is 0.381. The highest BCUT2D eigenvalue weighted by atomic mass is 32.2. The molecular weight excluding hydrogens is 789 g/mol. The van der Waals surface area contributed by atoms with Crippen LogP contribution in [0.25, 0.3) is 22.3 Å². The van der Waals surface area contributed by atoms with Crippen LogP contribution >= 0.6 is 0 Å². The SMILES string of the molecule is CCC1(n2cc(-c3nc(Nc4ccc(C(=O)NCCCCCc5cccc6c5C(=O)N(C5CCC(=O)N(C)C5=O)C6=O)cc4)nc4[nH]ccc34)cn2)CN(S(=O)(=O)CC)C1. The second kappa shape index (κ2) is 16.1. The van der Waals surface area contributed by atoms with Crippen molar-refractivity contribution in [2.24, 2.45) is 0 Å². The van der Waals surface area contributed by atoms with Crippen molar-refractivity contribution in [2.75, 3.05) is 37.8 Å². The van der Waals surface area contributed by atoms with Crippen LogP contribution in [-0.4, -0.2) is 115 Å². The van der Waals surface area contributed by atoms with E-state index >= 15 is 0 Å². The molecule has 3 aliphatic rings. The van der Waals surface area contributed by atoms with Gasteiger partial charge in [-0.1, -0.05) is 25.5 Å². The van der Waals surface area contributed by atoms with Gasteiger partial charge in [0, 0.05) is 67.7 Å². The minimum atomic E-state index is -3.28. The molecule has 0 aliphatic carbocycles. The van der Waals surface area contributed by atoms with Gasteiger partial charge in [0.05, 0.1) is 34.3 Å². The van der Waals surface area contributed by atoms with Gasteiger partial charge in [0.15, 0.2) is 0 Å². The number of piperidine rings is 1. The van der Waals surface area contributed by atoms with Crippen LogP contribution in [0.15, 0.2) is 67.1 Å². The molecule has 17 nitrogen and oxygen atoms in total. The molecule has 6 heterocycles. The molecule has 0 bridgehead atoms. The summed E-state index contributed by atoms with van der Waals surface area (Å²) in [6.45, 7) is 4.87. The summed E-state index contributed by atoms with van der Waals surface area (Å²) >= 11 is 0. The second-order valence-corrected chi connectivity index (χ2v) is 17.7. The topological polar surface area (TPSA) is 213 Å². The Morgan fingerprint density at radius 3 is 2.50 bits per heavy atom. The number of aromatic nitrogens is 5. The first-order valence-corrected chi connectivity index (χ1v) is 21.8. The predicted octanol–water partition coefficient (Wildman–Crippen LogP) is 4.22. The average Bonchev–Trinajstić information content (AvgIpc) is 3.97. The van der Waals surface area contributed by atoms with Crippen LogP contribution in [0.1, 0.15) is 89.0 Å². The Morgan fingerprint density at radius 2 is 1.75 bits per heavy atom. The quantitative estimate of drug-likeness (QED) is 0.100. The highest BCUT2D eigenvalue weighted by Gasteiger charge is 2.49. The molecule has 60 heavy (non-hydrogen) atoms. The number of H-pyrrole nitrogens is 1. The first-order valence-electron chi connectivity index (χ1n) is 20.2. The number of hydrogen-bond donors (Lipinski definition) is 3. The number of imide groups is 2. The van der Waals surface area contributed by atoms with Crippen LogP contribution < -0.4 is 10.6 Å². The molecule has 0 saturated carbocycles. The standard InChI is InChI=1S/C42H46N10O7S/c1-4-42(24-50(25-42)60(58,59)5-2)51-23-28(22-45-51)35-31-19-21-43-36(31)48-41(47-35)46-29-15-13-27(14-16-29)37(54)44-20-8-6-7-10-26-11-9-12-30-34(26)40(57)52(38(30)55)32-17-18-33(53)49(3)39(32)56/h9,11-16,19,21-23,32H,4-8,10,17-18,20,24-25H2,1-3H3,(H,44,54)(H2,43,46,47,48). The largest absolute Gasteiger partial charge is 0.352 e. The Hall–Kier alpha value is -6.27. The van der Waals surface area contributed by atoms with Crippen molar-refractivity contribution in [3.05, 3.63) is 89.4 Å². The number of carbonyl (C=O) groups excluding carboxylic acids is 5. The summed E-state index contributed by atoms with van der Waals surface area (Å²) < 4.78 is 28.2. The van der Waals surface area contributed by atoms with Crippen LogP contribution in [0.3, 0.4) is 0 Å². The zero-order chi connectivity index (χ0) is 42.3. The van der Waals surface area contributed by atoms with Gasteiger partial charge >= 0.3 is 0 Å². The molecular formula is C42H46N10O7S.